The predicted molar refractivity (Wildman–Crippen MR) is 108 cm³/mol. The minimum Gasteiger partial charge on any atom is -0.368 e. The lowest BCUT2D eigenvalue weighted by Crippen LogP contribution is -2.53. The third-order valence-corrected chi connectivity index (χ3v) is 6.03. The molecule has 6 nitrogen and oxygen atoms in total. The Kier molecular flexibility index (Phi) is 5.03. The van der Waals surface area contributed by atoms with Gasteiger partial charge in [0.2, 0.25) is 5.91 Å². The molecule has 28 heavy (non-hydrogen) atoms. The molecule has 0 aliphatic carbocycles. The maximum atomic E-state index is 13.2. The van der Waals surface area contributed by atoms with Crippen LogP contribution in [0.5, 0.6) is 0 Å². The number of fused-ring (bicyclic) bond motifs is 3. The number of benzene rings is 2. The van der Waals surface area contributed by atoms with Crippen LogP contribution >= 0.6 is 0 Å². The van der Waals surface area contributed by atoms with E-state index >= 15 is 0 Å². The van der Waals surface area contributed by atoms with Gasteiger partial charge >= 0.3 is 0 Å². The number of rotatable bonds is 4. The van der Waals surface area contributed by atoms with E-state index in [0.29, 0.717) is 6.42 Å². The van der Waals surface area contributed by atoms with E-state index < -0.39 is 0 Å². The van der Waals surface area contributed by atoms with Crippen LogP contribution in [0.3, 0.4) is 0 Å². The van der Waals surface area contributed by atoms with Gasteiger partial charge in [0.15, 0.2) is 0 Å². The summed E-state index contributed by atoms with van der Waals surface area (Å²) in [6.45, 7) is 2.89. The van der Waals surface area contributed by atoms with E-state index in [1.165, 1.54) is 0 Å². The zero-order valence-corrected chi connectivity index (χ0v) is 16.0. The molecular formula is C22H25N3O3. The van der Waals surface area contributed by atoms with Gasteiger partial charge < -0.3 is 10.2 Å². The second-order valence-electron chi connectivity index (χ2n) is 7.78. The van der Waals surface area contributed by atoms with E-state index in [1.807, 2.05) is 43.3 Å². The van der Waals surface area contributed by atoms with Crippen molar-refractivity contribution in [3.8, 4) is 0 Å². The molecule has 1 N–H and O–H groups in total. The van der Waals surface area contributed by atoms with Crippen molar-refractivity contribution in [1.82, 2.24) is 5.32 Å². The molecule has 0 unspecified atom stereocenters. The quantitative estimate of drug-likeness (QED) is 0.643. The van der Waals surface area contributed by atoms with Gasteiger partial charge in [-0.3, -0.25) is 14.9 Å². The van der Waals surface area contributed by atoms with Gasteiger partial charge in [-0.2, -0.15) is 0 Å². The van der Waals surface area contributed by atoms with Gasteiger partial charge in [0, 0.05) is 30.4 Å². The highest BCUT2D eigenvalue weighted by Gasteiger charge is 2.40. The Morgan fingerprint density at radius 1 is 1.21 bits per heavy atom. The fraction of sp³-hybridized carbons (Fsp3) is 0.409. The summed E-state index contributed by atoms with van der Waals surface area (Å²) in [6, 6.07) is 15.1. The topological polar surface area (TPSA) is 75.5 Å². The standard InChI is InChI=1S/C22H25N3O3/c1-15(16-7-3-2-4-8-16)23-22(26)19-14-17-13-18(25(27)28)10-11-20(17)24-12-6-5-9-21(19)24/h2-4,7-8,10-11,13,15,19,21H,5-6,9,12,14H2,1H3,(H,23,26)/t15-,19+,21+/m0/s1. The van der Waals surface area contributed by atoms with Crippen molar-refractivity contribution in [3.63, 3.8) is 0 Å². The van der Waals surface area contributed by atoms with Crippen LogP contribution < -0.4 is 10.2 Å². The molecular weight excluding hydrogens is 354 g/mol. The zero-order chi connectivity index (χ0) is 19.7. The fourth-order valence-corrected chi connectivity index (χ4v) is 4.59. The number of carbonyl (C=O) groups excluding carboxylic acids is 1. The number of non-ortho nitro benzene ring substituents is 1. The number of nitrogens with zero attached hydrogens (tertiary/aromatic N) is 2. The van der Waals surface area contributed by atoms with E-state index in [0.717, 1.165) is 42.6 Å². The molecule has 0 bridgehead atoms. The summed E-state index contributed by atoms with van der Waals surface area (Å²) in [5.41, 5.74) is 3.12. The van der Waals surface area contributed by atoms with Gasteiger partial charge in [0.25, 0.3) is 5.69 Å². The molecule has 1 saturated heterocycles. The molecule has 1 amide bonds. The molecule has 1 fully saturated rings. The minimum atomic E-state index is -0.366. The average molecular weight is 379 g/mol. The van der Waals surface area contributed by atoms with Crippen molar-refractivity contribution in [1.29, 1.82) is 0 Å². The van der Waals surface area contributed by atoms with Crippen LogP contribution in [0.4, 0.5) is 11.4 Å². The fourth-order valence-electron chi connectivity index (χ4n) is 4.59. The third-order valence-electron chi connectivity index (χ3n) is 6.03. The highest BCUT2D eigenvalue weighted by atomic mass is 16.6. The van der Waals surface area contributed by atoms with Crippen molar-refractivity contribution in [3.05, 3.63) is 69.8 Å². The highest BCUT2D eigenvalue weighted by Crippen LogP contribution is 2.40. The Bertz CT molecular complexity index is 884. The summed E-state index contributed by atoms with van der Waals surface area (Å²) < 4.78 is 0. The number of nitro groups is 1. The van der Waals surface area contributed by atoms with Gasteiger partial charge in [0.05, 0.1) is 16.9 Å². The van der Waals surface area contributed by atoms with Crippen molar-refractivity contribution in [2.45, 2.75) is 44.7 Å². The summed E-state index contributed by atoms with van der Waals surface area (Å²) in [5.74, 6) is -0.161. The van der Waals surface area contributed by atoms with Gasteiger partial charge in [0.1, 0.15) is 0 Å². The molecule has 2 aromatic rings. The van der Waals surface area contributed by atoms with E-state index in [2.05, 4.69) is 10.2 Å². The number of piperidine rings is 1. The van der Waals surface area contributed by atoms with Crippen LogP contribution in [-0.4, -0.2) is 23.4 Å². The van der Waals surface area contributed by atoms with Crippen molar-refractivity contribution in [2.24, 2.45) is 5.92 Å². The third kappa shape index (κ3) is 3.46. The molecule has 3 atom stereocenters. The largest absolute Gasteiger partial charge is 0.368 e. The lowest BCUT2D eigenvalue weighted by atomic mass is 9.80. The molecule has 0 aromatic heterocycles. The van der Waals surface area contributed by atoms with Crippen molar-refractivity contribution in [2.75, 3.05) is 11.4 Å². The summed E-state index contributed by atoms with van der Waals surface area (Å²) >= 11 is 0. The normalized spacial score (nSPS) is 22.0. The van der Waals surface area contributed by atoms with Crippen LogP contribution in [0.2, 0.25) is 0 Å². The Labute approximate surface area is 164 Å². The Morgan fingerprint density at radius 2 is 2.00 bits per heavy atom. The maximum Gasteiger partial charge on any atom is 0.269 e. The van der Waals surface area contributed by atoms with Crippen molar-refractivity contribution >= 4 is 17.3 Å². The SMILES string of the molecule is C[C@H](NC(=O)[C@@H]1Cc2cc([N+](=O)[O-])ccc2N2CCCC[C@H]12)c1ccccc1. The predicted octanol–water partition coefficient (Wildman–Crippen LogP) is 4.00. The minimum absolute atomic E-state index is 0.0328. The number of anilines is 1. The Morgan fingerprint density at radius 3 is 2.75 bits per heavy atom. The zero-order valence-electron chi connectivity index (χ0n) is 16.0. The molecule has 4 rings (SSSR count). The second-order valence-corrected chi connectivity index (χ2v) is 7.78. The van der Waals surface area contributed by atoms with Gasteiger partial charge in [-0.05, 0) is 49.8 Å². The smallest absolute Gasteiger partial charge is 0.269 e. The van der Waals surface area contributed by atoms with Gasteiger partial charge in [-0.15, -0.1) is 0 Å². The van der Waals surface area contributed by atoms with Crippen LogP contribution in [0.25, 0.3) is 0 Å². The lowest BCUT2D eigenvalue weighted by molar-refractivity contribution is -0.384. The molecule has 2 aliphatic heterocycles. The number of hydrogen-bond donors (Lipinski definition) is 1. The molecule has 2 heterocycles. The monoisotopic (exact) mass is 379 g/mol. The average Bonchev–Trinajstić information content (AvgIpc) is 2.73. The summed E-state index contributed by atoms with van der Waals surface area (Å²) in [5, 5.41) is 14.4. The number of nitro benzene ring substituents is 1. The first-order chi connectivity index (χ1) is 13.5. The Hall–Kier alpha value is -2.89. The van der Waals surface area contributed by atoms with E-state index in [1.54, 1.807) is 12.1 Å². The van der Waals surface area contributed by atoms with Crippen LogP contribution in [-0.2, 0) is 11.2 Å². The van der Waals surface area contributed by atoms with E-state index in [-0.39, 0.29) is 34.5 Å². The highest BCUT2D eigenvalue weighted by molar-refractivity contribution is 5.82. The lowest BCUT2D eigenvalue weighted by Gasteiger charge is -2.46. The molecule has 6 heteroatoms. The first kappa shape index (κ1) is 18.5. The first-order valence-electron chi connectivity index (χ1n) is 9.94. The maximum absolute atomic E-state index is 13.2. The summed E-state index contributed by atoms with van der Waals surface area (Å²) in [7, 11) is 0. The van der Waals surface area contributed by atoms with Gasteiger partial charge in [-0.25, -0.2) is 0 Å². The molecule has 2 aromatic carbocycles. The number of carbonyl (C=O) groups is 1. The summed E-state index contributed by atoms with van der Waals surface area (Å²) in [4.78, 5) is 26.3. The molecule has 0 spiro atoms. The first-order valence-corrected chi connectivity index (χ1v) is 9.94. The van der Waals surface area contributed by atoms with E-state index in [4.69, 9.17) is 0 Å². The Balaban J connectivity index is 1.60. The van der Waals surface area contributed by atoms with Crippen LogP contribution in [0.1, 0.15) is 43.4 Å². The molecule has 146 valence electrons. The van der Waals surface area contributed by atoms with Crippen molar-refractivity contribution < 1.29 is 9.72 Å². The molecule has 2 aliphatic rings. The number of hydrogen-bond acceptors (Lipinski definition) is 4. The number of nitrogens with one attached hydrogen (secondary N) is 1. The van der Waals surface area contributed by atoms with Crippen LogP contribution in [0, 0.1) is 16.0 Å². The molecule has 0 saturated carbocycles. The second kappa shape index (κ2) is 7.62. The van der Waals surface area contributed by atoms with Gasteiger partial charge in [-0.1, -0.05) is 30.3 Å². The summed E-state index contributed by atoms with van der Waals surface area (Å²) in [6.07, 6.45) is 3.73. The molecule has 0 radical (unpaired) electrons. The van der Waals surface area contributed by atoms with Crippen LogP contribution in [0.15, 0.2) is 48.5 Å². The van der Waals surface area contributed by atoms with E-state index in [9.17, 15) is 14.9 Å². The number of amides is 1.